The van der Waals surface area contributed by atoms with E-state index in [1.54, 1.807) is 18.2 Å². The number of anilines is 1. The molecule has 0 spiro atoms. The Hall–Kier alpha value is -1.43. The normalized spacial score (nSPS) is 10.2. The molecule has 2 rings (SSSR count). The highest BCUT2D eigenvalue weighted by molar-refractivity contribution is 7.99. The fraction of sp³-hybridized carbons (Fsp3) is 0. The topological polar surface area (TPSA) is 66.5 Å². The van der Waals surface area contributed by atoms with Crippen molar-refractivity contribution in [2.75, 3.05) is 5.73 Å². The van der Waals surface area contributed by atoms with Crippen LogP contribution in [-0.2, 0) is 0 Å². The van der Waals surface area contributed by atoms with Gasteiger partial charge in [0.05, 0.1) is 0 Å². The molecule has 0 atom stereocenters. The fourth-order valence-electron chi connectivity index (χ4n) is 1.47. The number of nitrogens with two attached hydrogens (primary N) is 1. The molecule has 0 amide bonds. The molecule has 0 saturated carbocycles. The Balaban J connectivity index is 2.34. The molecule has 4 N–H and O–H groups in total. The molecule has 0 heterocycles. The highest BCUT2D eigenvalue weighted by Gasteiger charge is 2.16. The van der Waals surface area contributed by atoms with Crippen LogP contribution < -0.4 is 11.2 Å². The van der Waals surface area contributed by atoms with Gasteiger partial charge in [-0.3, -0.25) is 0 Å². The number of nitrogen functional groups attached to an aromatic ring is 1. The van der Waals surface area contributed by atoms with Gasteiger partial charge in [0, 0.05) is 15.5 Å². The van der Waals surface area contributed by atoms with Crippen LogP contribution in [0, 0.1) is 0 Å². The van der Waals surface area contributed by atoms with E-state index >= 15 is 0 Å². The lowest BCUT2D eigenvalue weighted by Gasteiger charge is -2.09. The first-order chi connectivity index (χ1) is 8.16. The lowest BCUT2D eigenvalue weighted by molar-refractivity contribution is 0.425. The third-order valence-corrected chi connectivity index (χ3v) is 3.37. The van der Waals surface area contributed by atoms with Crippen LogP contribution in [-0.4, -0.2) is 17.2 Å². The van der Waals surface area contributed by atoms with Crippen molar-refractivity contribution >= 4 is 30.0 Å². The largest absolute Gasteiger partial charge is 0.489 e. The average Bonchev–Trinajstić information content (AvgIpc) is 2.30. The first-order valence-electron chi connectivity index (χ1n) is 5.15. The summed E-state index contributed by atoms with van der Waals surface area (Å²) in [4.78, 5) is 1.78. The minimum atomic E-state index is -1.48. The van der Waals surface area contributed by atoms with Gasteiger partial charge >= 0.3 is 7.12 Å². The minimum absolute atomic E-state index is 0.466. The van der Waals surface area contributed by atoms with Crippen molar-refractivity contribution in [2.45, 2.75) is 9.79 Å². The Labute approximate surface area is 104 Å². The molecule has 0 aliphatic carbocycles. The van der Waals surface area contributed by atoms with Gasteiger partial charge in [-0.25, -0.2) is 0 Å². The van der Waals surface area contributed by atoms with E-state index in [1.165, 1.54) is 11.8 Å². The highest BCUT2D eigenvalue weighted by atomic mass is 32.2. The summed E-state index contributed by atoms with van der Waals surface area (Å²) in [6.07, 6.45) is 0. The molecule has 0 aromatic heterocycles. The van der Waals surface area contributed by atoms with Crippen LogP contribution in [0.15, 0.2) is 58.3 Å². The van der Waals surface area contributed by atoms with Gasteiger partial charge in [0.1, 0.15) is 0 Å². The predicted molar refractivity (Wildman–Crippen MR) is 71.2 cm³/mol. The summed E-state index contributed by atoms with van der Waals surface area (Å²) in [6, 6.07) is 14.8. The molecule has 0 unspecified atom stereocenters. The molecule has 5 heteroatoms. The molecule has 17 heavy (non-hydrogen) atoms. The van der Waals surface area contributed by atoms with Crippen molar-refractivity contribution in [3.05, 3.63) is 48.5 Å². The molecule has 0 radical (unpaired) electrons. The second-order valence-electron chi connectivity index (χ2n) is 3.59. The van der Waals surface area contributed by atoms with E-state index < -0.39 is 7.12 Å². The van der Waals surface area contributed by atoms with Crippen LogP contribution in [0.25, 0.3) is 0 Å². The first-order valence-corrected chi connectivity index (χ1v) is 5.97. The average molecular weight is 245 g/mol. The molecule has 2 aromatic rings. The predicted octanol–water partition coefficient (Wildman–Crippen LogP) is 1.10. The molecule has 2 aromatic carbocycles. The van der Waals surface area contributed by atoms with E-state index in [4.69, 9.17) is 5.73 Å². The van der Waals surface area contributed by atoms with E-state index in [0.717, 1.165) is 9.79 Å². The van der Waals surface area contributed by atoms with Crippen LogP contribution in [0.2, 0.25) is 0 Å². The van der Waals surface area contributed by atoms with Crippen LogP contribution in [0.5, 0.6) is 0 Å². The molecule has 0 bridgehead atoms. The lowest BCUT2D eigenvalue weighted by Crippen LogP contribution is -2.31. The number of hydrogen-bond acceptors (Lipinski definition) is 4. The zero-order valence-corrected chi connectivity index (χ0v) is 9.89. The molecular weight excluding hydrogens is 233 g/mol. The fourth-order valence-corrected chi connectivity index (χ4v) is 2.50. The molecule has 0 aliphatic heterocycles. The van der Waals surface area contributed by atoms with Gasteiger partial charge in [0.25, 0.3) is 0 Å². The summed E-state index contributed by atoms with van der Waals surface area (Å²) in [6.45, 7) is 0. The Morgan fingerprint density at radius 2 is 1.71 bits per heavy atom. The van der Waals surface area contributed by atoms with Gasteiger partial charge in [-0.1, -0.05) is 36.0 Å². The smallest absolute Gasteiger partial charge is 0.423 e. The SMILES string of the molecule is Nc1ccc(B(O)O)c(Sc2ccccc2)c1. The maximum atomic E-state index is 9.27. The Kier molecular flexibility index (Phi) is 3.73. The lowest BCUT2D eigenvalue weighted by atomic mass is 9.80. The summed E-state index contributed by atoms with van der Waals surface area (Å²) in [5, 5.41) is 18.5. The molecule has 0 saturated heterocycles. The van der Waals surface area contributed by atoms with E-state index in [-0.39, 0.29) is 0 Å². The number of benzene rings is 2. The zero-order valence-electron chi connectivity index (χ0n) is 9.08. The van der Waals surface area contributed by atoms with E-state index in [9.17, 15) is 10.0 Å². The van der Waals surface area contributed by atoms with E-state index in [1.807, 2.05) is 30.3 Å². The minimum Gasteiger partial charge on any atom is -0.423 e. The number of hydrogen-bond donors (Lipinski definition) is 3. The van der Waals surface area contributed by atoms with Crippen LogP contribution >= 0.6 is 11.8 Å². The molecule has 0 fully saturated rings. The van der Waals surface area contributed by atoms with Crippen molar-refractivity contribution in [1.29, 1.82) is 0 Å². The molecular formula is C12H12BNO2S. The third-order valence-electron chi connectivity index (χ3n) is 2.29. The maximum absolute atomic E-state index is 9.27. The van der Waals surface area contributed by atoms with Crippen molar-refractivity contribution in [1.82, 2.24) is 0 Å². The summed E-state index contributed by atoms with van der Waals surface area (Å²) >= 11 is 1.46. The van der Waals surface area contributed by atoms with Gasteiger partial charge in [0.15, 0.2) is 0 Å². The van der Waals surface area contributed by atoms with Gasteiger partial charge in [0.2, 0.25) is 0 Å². The van der Waals surface area contributed by atoms with Crippen LogP contribution in [0.1, 0.15) is 0 Å². The van der Waals surface area contributed by atoms with Gasteiger partial charge in [-0.05, 0) is 29.7 Å². The zero-order chi connectivity index (χ0) is 12.3. The summed E-state index contributed by atoms with van der Waals surface area (Å²) in [5.41, 5.74) is 6.77. The second-order valence-corrected chi connectivity index (χ2v) is 4.70. The summed E-state index contributed by atoms with van der Waals surface area (Å²) < 4.78 is 0. The van der Waals surface area contributed by atoms with Gasteiger partial charge in [-0.2, -0.15) is 0 Å². The Morgan fingerprint density at radius 3 is 2.35 bits per heavy atom. The highest BCUT2D eigenvalue weighted by Crippen LogP contribution is 2.27. The van der Waals surface area contributed by atoms with E-state index in [2.05, 4.69) is 0 Å². The summed E-state index contributed by atoms with van der Waals surface area (Å²) in [5.74, 6) is 0. The molecule has 3 nitrogen and oxygen atoms in total. The molecule has 0 aliphatic rings. The monoisotopic (exact) mass is 245 g/mol. The summed E-state index contributed by atoms with van der Waals surface area (Å²) in [7, 11) is -1.48. The first kappa shape index (κ1) is 12.0. The van der Waals surface area contributed by atoms with Crippen molar-refractivity contribution in [2.24, 2.45) is 0 Å². The number of rotatable bonds is 3. The van der Waals surface area contributed by atoms with Crippen molar-refractivity contribution in [3.8, 4) is 0 Å². The molecule has 86 valence electrons. The van der Waals surface area contributed by atoms with Gasteiger partial charge < -0.3 is 15.8 Å². The second kappa shape index (κ2) is 5.27. The van der Waals surface area contributed by atoms with Crippen molar-refractivity contribution < 1.29 is 10.0 Å². The Morgan fingerprint density at radius 1 is 1.00 bits per heavy atom. The maximum Gasteiger partial charge on any atom is 0.489 e. The van der Waals surface area contributed by atoms with E-state index in [0.29, 0.717) is 11.2 Å². The quantitative estimate of drug-likeness (QED) is 0.559. The standard InChI is InChI=1S/C12H12BNO2S/c14-9-6-7-11(13(15)16)12(8-9)17-10-4-2-1-3-5-10/h1-8,15-16H,14H2. The third kappa shape index (κ3) is 3.03. The van der Waals surface area contributed by atoms with Crippen LogP contribution in [0.3, 0.4) is 0 Å². The Bertz CT molecular complexity index is 505. The van der Waals surface area contributed by atoms with Crippen molar-refractivity contribution in [3.63, 3.8) is 0 Å². The van der Waals surface area contributed by atoms with Crippen LogP contribution in [0.4, 0.5) is 5.69 Å². The van der Waals surface area contributed by atoms with Gasteiger partial charge in [-0.15, -0.1) is 0 Å².